The van der Waals surface area contributed by atoms with E-state index >= 15 is 0 Å². The number of rotatable bonds is 3. The highest BCUT2D eigenvalue weighted by atomic mass is 79.9. The molecule has 1 aliphatic rings. The number of hydrogen-bond donors (Lipinski definition) is 0. The predicted molar refractivity (Wildman–Crippen MR) is 75.5 cm³/mol. The van der Waals surface area contributed by atoms with Crippen LogP contribution in [0.25, 0.3) is 0 Å². The Morgan fingerprint density at radius 2 is 2.17 bits per heavy atom. The zero-order chi connectivity index (χ0) is 13.1. The monoisotopic (exact) mass is 309 g/mol. The number of alkyl halides is 1. The standard InChI is InChI=1S/C14H16BrNO2/c1-10(17)16-8-2-3-11-9-12(4-5-13(11)16)14(18)6-7-15/h4-5,9H,2-3,6-8H2,1H3. The largest absolute Gasteiger partial charge is 0.312 e. The lowest BCUT2D eigenvalue weighted by Gasteiger charge is -2.28. The van der Waals surface area contributed by atoms with Crippen LogP contribution in [0.1, 0.15) is 35.7 Å². The Morgan fingerprint density at radius 3 is 2.83 bits per heavy atom. The summed E-state index contributed by atoms with van der Waals surface area (Å²) >= 11 is 3.28. The van der Waals surface area contributed by atoms with Crippen molar-refractivity contribution in [2.45, 2.75) is 26.2 Å². The number of carbonyl (C=O) groups excluding carboxylic acids is 2. The minimum absolute atomic E-state index is 0.0653. The summed E-state index contributed by atoms with van der Waals surface area (Å²) in [6.45, 7) is 2.36. The molecular weight excluding hydrogens is 294 g/mol. The predicted octanol–water partition coefficient (Wildman–Crippen LogP) is 2.95. The zero-order valence-corrected chi connectivity index (χ0v) is 12.0. The van der Waals surface area contributed by atoms with Gasteiger partial charge < -0.3 is 4.90 Å². The molecule has 3 nitrogen and oxygen atoms in total. The number of ketones is 1. The first-order chi connectivity index (χ1) is 8.63. The number of Topliss-reactive ketones (excluding diaryl/α,β-unsaturated/α-hetero) is 1. The number of hydrogen-bond acceptors (Lipinski definition) is 2. The van der Waals surface area contributed by atoms with Gasteiger partial charge in [-0.15, -0.1) is 0 Å². The van der Waals surface area contributed by atoms with Gasteiger partial charge in [0.25, 0.3) is 0 Å². The van der Waals surface area contributed by atoms with E-state index in [0.29, 0.717) is 11.8 Å². The van der Waals surface area contributed by atoms with E-state index in [1.54, 1.807) is 11.8 Å². The molecule has 1 aromatic carbocycles. The molecule has 0 N–H and O–H groups in total. The molecule has 1 heterocycles. The van der Waals surface area contributed by atoms with Crippen LogP contribution in [0, 0.1) is 0 Å². The van der Waals surface area contributed by atoms with Gasteiger partial charge in [0.1, 0.15) is 0 Å². The van der Waals surface area contributed by atoms with Crippen molar-refractivity contribution in [1.29, 1.82) is 0 Å². The second-order valence-corrected chi connectivity index (χ2v) is 5.27. The van der Waals surface area contributed by atoms with Gasteiger partial charge in [-0.2, -0.15) is 0 Å². The topological polar surface area (TPSA) is 37.4 Å². The number of carbonyl (C=O) groups is 2. The SMILES string of the molecule is CC(=O)N1CCCc2cc(C(=O)CCBr)ccc21. The molecule has 0 aromatic heterocycles. The van der Waals surface area contributed by atoms with Crippen LogP contribution in [0.5, 0.6) is 0 Å². The first-order valence-electron chi connectivity index (χ1n) is 6.13. The number of fused-ring (bicyclic) bond motifs is 1. The molecule has 0 saturated carbocycles. The van der Waals surface area contributed by atoms with Crippen LogP contribution in [0.3, 0.4) is 0 Å². The molecule has 0 bridgehead atoms. The van der Waals surface area contributed by atoms with Crippen molar-refractivity contribution < 1.29 is 9.59 Å². The molecule has 0 aliphatic carbocycles. The van der Waals surface area contributed by atoms with Crippen molar-refractivity contribution in [3.63, 3.8) is 0 Å². The fraction of sp³-hybridized carbons (Fsp3) is 0.429. The first kappa shape index (κ1) is 13.3. The molecule has 0 spiro atoms. The van der Waals surface area contributed by atoms with Gasteiger partial charge >= 0.3 is 0 Å². The third-order valence-electron chi connectivity index (χ3n) is 3.22. The summed E-state index contributed by atoms with van der Waals surface area (Å²) in [6, 6.07) is 5.66. The molecular formula is C14H16BrNO2. The number of benzene rings is 1. The van der Waals surface area contributed by atoms with Crippen LogP contribution in [0.4, 0.5) is 5.69 Å². The van der Waals surface area contributed by atoms with Gasteiger partial charge in [-0.1, -0.05) is 15.9 Å². The second-order valence-electron chi connectivity index (χ2n) is 4.48. The maximum atomic E-state index is 11.8. The summed E-state index contributed by atoms with van der Waals surface area (Å²) in [6.07, 6.45) is 2.41. The summed E-state index contributed by atoms with van der Waals surface area (Å²) in [5.41, 5.74) is 2.82. The van der Waals surface area contributed by atoms with Crippen molar-refractivity contribution >= 4 is 33.3 Å². The molecule has 0 atom stereocenters. The molecule has 1 aliphatic heterocycles. The molecule has 4 heteroatoms. The van der Waals surface area contributed by atoms with Gasteiger partial charge in [-0.25, -0.2) is 0 Å². The molecule has 18 heavy (non-hydrogen) atoms. The normalized spacial score (nSPS) is 14.2. The summed E-state index contributed by atoms with van der Waals surface area (Å²) in [5.74, 6) is 0.213. The van der Waals surface area contributed by atoms with Crippen LogP contribution in [-0.2, 0) is 11.2 Å². The molecule has 1 amide bonds. The minimum atomic E-state index is 0.0653. The Morgan fingerprint density at radius 1 is 1.39 bits per heavy atom. The summed E-state index contributed by atoms with van der Waals surface area (Å²) < 4.78 is 0. The van der Waals surface area contributed by atoms with Crippen molar-refractivity contribution in [3.8, 4) is 0 Å². The molecule has 0 unspecified atom stereocenters. The van der Waals surface area contributed by atoms with E-state index in [0.717, 1.165) is 36.2 Å². The van der Waals surface area contributed by atoms with Gasteiger partial charge in [-0.05, 0) is 36.6 Å². The molecule has 1 aromatic rings. The van der Waals surface area contributed by atoms with Crippen LogP contribution < -0.4 is 4.90 Å². The number of nitrogens with zero attached hydrogens (tertiary/aromatic N) is 1. The van der Waals surface area contributed by atoms with E-state index in [4.69, 9.17) is 0 Å². The Labute approximate surface area is 115 Å². The fourth-order valence-corrected chi connectivity index (χ4v) is 2.69. The van der Waals surface area contributed by atoms with Crippen molar-refractivity contribution in [1.82, 2.24) is 0 Å². The van der Waals surface area contributed by atoms with Crippen LogP contribution in [0.2, 0.25) is 0 Å². The number of amides is 1. The fourth-order valence-electron chi connectivity index (χ4n) is 2.33. The quantitative estimate of drug-likeness (QED) is 0.636. The van der Waals surface area contributed by atoms with Gasteiger partial charge in [0.15, 0.2) is 5.78 Å². The Bertz CT molecular complexity index is 485. The highest BCUT2D eigenvalue weighted by Crippen LogP contribution is 2.28. The first-order valence-corrected chi connectivity index (χ1v) is 7.26. The second kappa shape index (κ2) is 5.65. The van der Waals surface area contributed by atoms with E-state index in [-0.39, 0.29) is 11.7 Å². The van der Waals surface area contributed by atoms with Crippen molar-refractivity contribution in [2.75, 3.05) is 16.8 Å². The van der Waals surface area contributed by atoms with E-state index < -0.39 is 0 Å². The maximum Gasteiger partial charge on any atom is 0.223 e. The van der Waals surface area contributed by atoms with Gasteiger partial charge in [0.2, 0.25) is 5.91 Å². The minimum Gasteiger partial charge on any atom is -0.312 e. The van der Waals surface area contributed by atoms with E-state index in [2.05, 4.69) is 15.9 Å². The Hall–Kier alpha value is -1.16. The average molecular weight is 310 g/mol. The molecule has 0 fully saturated rings. The van der Waals surface area contributed by atoms with E-state index in [1.807, 2.05) is 18.2 Å². The van der Waals surface area contributed by atoms with Gasteiger partial charge in [0.05, 0.1) is 0 Å². The molecule has 2 rings (SSSR count). The van der Waals surface area contributed by atoms with E-state index in [9.17, 15) is 9.59 Å². The lowest BCUT2D eigenvalue weighted by molar-refractivity contribution is -0.116. The highest BCUT2D eigenvalue weighted by Gasteiger charge is 2.20. The third kappa shape index (κ3) is 2.64. The number of anilines is 1. The van der Waals surface area contributed by atoms with Crippen LogP contribution in [0.15, 0.2) is 18.2 Å². The Kier molecular flexibility index (Phi) is 4.17. The maximum absolute atomic E-state index is 11.8. The van der Waals surface area contributed by atoms with Crippen LogP contribution in [-0.4, -0.2) is 23.6 Å². The highest BCUT2D eigenvalue weighted by molar-refractivity contribution is 9.09. The lowest BCUT2D eigenvalue weighted by Crippen LogP contribution is -2.33. The zero-order valence-electron chi connectivity index (χ0n) is 10.4. The third-order valence-corrected chi connectivity index (χ3v) is 3.62. The number of halogens is 1. The van der Waals surface area contributed by atoms with Crippen molar-refractivity contribution in [3.05, 3.63) is 29.3 Å². The summed E-state index contributed by atoms with van der Waals surface area (Å²) in [4.78, 5) is 25.2. The average Bonchev–Trinajstić information content (AvgIpc) is 2.37. The molecule has 0 saturated heterocycles. The molecule has 0 radical (unpaired) electrons. The smallest absolute Gasteiger partial charge is 0.223 e. The summed E-state index contributed by atoms with van der Waals surface area (Å²) in [7, 11) is 0. The van der Waals surface area contributed by atoms with Crippen molar-refractivity contribution in [2.24, 2.45) is 0 Å². The number of aryl methyl sites for hydroxylation is 1. The van der Waals surface area contributed by atoms with E-state index in [1.165, 1.54) is 0 Å². The lowest BCUT2D eigenvalue weighted by atomic mass is 9.97. The van der Waals surface area contributed by atoms with Crippen LogP contribution >= 0.6 is 15.9 Å². The van der Waals surface area contributed by atoms with Gasteiger partial charge in [0, 0.05) is 36.5 Å². The molecule has 96 valence electrons. The van der Waals surface area contributed by atoms with Gasteiger partial charge in [-0.3, -0.25) is 9.59 Å². The Balaban J connectivity index is 2.32. The summed E-state index contributed by atoms with van der Waals surface area (Å²) in [5, 5.41) is 0.683.